The zero-order valence-corrected chi connectivity index (χ0v) is 18.0. The van der Waals surface area contributed by atoms with Crippen molar-refractivity contribution in [3.8, 4) is 5.75 Å². The molecule has 0 fully saturated rings. The van der Waals surface area contributed by atoms with Gasteiger partial charge in [0.05, 0.1) is 10.6 Å². The van der Waals surface area contributed by atoms with Gasteiger partial charge in [-0.2, -0.15) is 0 Å². The van der Waals surface area contributed by atoms with Crippen molar-refractivity contribution in [3.05, 3.63) is 83.9 Å². The molecule has 10 heteroatoms. The number of benzene rings is 3. The third-order valence-electron chi connectivity index (χ3n) is 5.12. The van der Waals surface area contributed by atoms with Crippen LogP contribution in [0.25, 0.3) is 0 Å². The molecule has 1 aliphatic heterocycles. The Bertz CT molecular complexity index is 1260. The van der Waals surface area contributed by atoms with Crippen molar-refractivity contribution in [2.75, 3.05) is 16.2 Å². The zero-order chi connectivity index (χ0) is 23.6. The first-order valence-electron chi connectivity index (χ1n) is 10.0. The number of nitrogens with one attached hydrogen (secondary N) is 1. The smallest absolute Gasteiger partial charge is 0.406 e. The molecule has 1 heterocycles. The molecule has 0 saturated carbocycles. The highest BCUT2D eigenvalue weighted by atomic mass is 32.2. The summed E-state index contributed by atoms with van der Waals surface area (Å²) in [5, 5.41) is 2.55. The minimum atomic E-state index is -4.80. The number of sulfonamides is 1. The molecule has 3 aromatic rings. The molecular formula is C23H19F3N2O4S. The predicted molar refractivity (Wildman–Crippen MR) is 117 cm³/mol. The number of rotatable bonds is 5. The van der Waals surface area contributed by atoms with Crippen LogP contribution in [0.1, 0.15) is 22.3 Å². The average Bonchev–Trinajstić information content (AvgIpc) is 2.79. The summed E-state index contributed by atoms with van der Waals surface area (Å²) in [5.41, 5.74) is 2.08. The topological polar surface area (TPSA) is 75.7 Å². The molecule has 6 nitrogen and oxygen atoms in total. The summed E-state index contributed by atoms with van der Waals surface area (Å²) in [5.74, 6) is -0.943. The van der Waals surface area contributed by atoms with Crippen LogP contribution in [0.2, 0.25) is 0 Å². The maximum Gasteiger partial charge on any atom is 0.573 e. The number of fused-ring (bicyclic) bond motifs is 1. The maximum absolute atomic E-state index is 13.2. The van der Waals surface area contributed by atoms with Gasteiger partial charge >= 0.3 is 6.36 Å². The Kier molecular flexibility index (Phi) is 6.03. The Morgan fingerprint density at radius 3 is 2.27 bits per heavy atom. The van der Waals surface area contributed by atoms with Crippen LogP contribution in [0.5, 0.6) is 5.75 Å². The first kappa shape index (κ1) is 22.7. The van der Waals surface area contributed by atoms with E-state index in [0.717, 1.165) is 24.1 Å². The molecule has 0 unspecified atom stereocenters. The quantitative estimate of drug-likeness (QED) is 0.564. The summed E-state index contributed by atoms with van der Waals surface area (Å²) in [6.07, 6.45) is -3.28. The third kappa shape index (κ3) is 5.11. The molecule has 33 heavy (non-hydrogen) atoms. The highest BCUT2D eigenvalue weighted by molar-refractivity contribution is 7.92. The van der Waals surface area contributed by atoms with E-state index in [-0.39, 0.29) is 16.1 Å². The van der Waals surface area contributed by atoms with Crippen LogP contribution < -0.4 is 14.4 Å². The van der Waals surface area contributed by atoms with E-state index in [1.807, 2.05) is 12.1 Å². The van der Waals surface area contributed by atoms with Gasteiger partial charge in [-0.25, -0.2) is 8.42 Å². The van der Waals surface area contributed by atoms with Gasteiger partial charge in [-0.1, -0.05) is 18.2 Å². The summed E-state index contributed by atoms with van der Waals surface area (Å²) in [6, 6.07) is 17.6. The van der Waals surface area contributed by atoms with E-state index >= 15 is 0 Å². The molecule has 0 aliphatic carbocycles. The number of amides is 1. The Hall–Kier alpha value is -3.53. The van der Waals surface area contributed by atoms with E-state index in [2.05, 4.69) is 10.1 Å². The van der Waals surface area contributed by atoms with Crippen LogP contribution in [0.4, 0.5) is 24.5 Å². The summed E-state index contributed by atoms with van der Waals surface area (Å²) >= 11 is 0. The Balaban J connectivity index is 1.48. The lowest BCUT2D eigenvalue weighted by molar-refractivity contribution is -0.274. The van der Waals surface area contributed by atoms with Gasteiger partial charge in [0.15, 0.2) is 0 Å². The SMILES string of the molecule is O=C(Nc1ccc(OC(F)(F)F)cc1)c1ccc(S(=O)(=O)N2CCCc3ccccc32)cc1. The molecule has 0 radical (unpaired) electrons. The fourth-order valence-electron chi connectivity index (χ4n) is 3.60. The van der Waals surface area contributed by atoms with Crippen molar-refractivity contribution < 1.29 is 31.1 Å². The van der Waals surface area contributed by atoms with Crippen LogP contribution in [-0.2, 0) is 16.4 Å². The second-order valence-corrected chi connectivity index (χ2v) is 9.22. The maximum atomic E-state index is 13.2. The number of halogens is 3. The van der Waals surface area contributed by atoms with Crippen LogP contribution in [-0.4, -0.2) is 27.2 Å². The lowest BCUT2D eigenvalue weighted by atomic mass is 10.0. The number of aryl methyl sites for hydroxylation is 1. The molecule has 0 bridgehead atoms. The van der Waals surface area contributed by atoms with Crippen LogP contribution in [0.3, 0.4) is 0 Å². The van der Waals surface area contributed by atoms with Crippen molar-refractivity contribution in [2.24, 2.45) is 0 Å². The Morgan fingerprint density at radius 2 is 1.61 bits per heavy atom. The molecule has 0 atom stereocenters. The fraction of sp³-hybridized carbons (Fsp3) is 0.174. The molecule has 1 aliphatic rings. The zero-order valence-electron chi connectivity index (χ0n) is 17.2. The van der Waals surface area contributed by atoms with E-state index < -0.39 is 28.0 Å². The first-order chi connectivity index (χ1) is 15.6. The van der Waals surface area contributed by atoms with E-state index in [4.69, 9.17) is 0 Å². The van der Waals surface area contributed by atoms with Gasteiger partial charge in [-0.3, -0.25) is 9.10 Å². The Labute approximate surface area is 188 Å². The summed E-state index contributed by atoms with van der Waals surface area (Å²) < 4.78 is 68.3. The van der Waals surface area contributed by atoms with Crippen molar-refractivity contribution in [1.82, 2.24) is 0 Å². The average molecular weight is 476 g/mol. The molecule has 3 aromatic carbocycles. The van der Waals surface area contributed by atoms with E-state index in [9.17, 15) is 26.4 Å². The van der Waals surface area contributed by atoms with Crippen molar-refractivity contribution >= 4 is 27.3 Å². The predicted octanol–water partition coefficient (Wildman–Crippen LogP) is 4.98. The van der Waals surface area contributed by atoms with Crippen LogP contribution in [0, 0.1) is 0 Å². The fourth-order valence-corrected chi connectivity index (χ4v) is 5.14. The molecule has 0 saturated heterocycles. The second kappa shape index (κ2) is 8.78. The summed E-state index contributed by atoms with van der Waals surface area (Å²) in [4.78, 5) is 12.5. The molecule has 0 aromatic heterocycles. The highest BCUT2D eigenvalue weighted by Crippen LogP contribution is 2.32. The normalized spacial score (nSPS) is 13.8. The molecule has 172 valence electrons. The van der Waals surface area contributed by atoms with Crippen molar-refractivity contribution in [3.63, 3.8) is 0 Å². The third-order valence-corrected chi connectivity index (χ3v) is 6.95. The van der Waals surface area contributed by atoms with Gasteiger partial charge in [0, 0.05) is 17.8 Å². The lowest BCUT2D eigenvalue weighted by Gasteiger charge is -2.30. The lowest BCUT2D eigenvalue weighted by Crippen LogP contribution is -2.35. The summed E-state index contributed by atoms with van der Waals surface area (Å²) in [6.45, 7) is 0.371. The number of carbonyl (C=O) groups excluding carboxylic acids is 1. The van der Waals surface area contributed by atoms with Crippen molar-refractivity contribution in [1.29, 1.82) is 0 Å². The van der Waals surface area contributed by atoms with Gasteiger partial charge in [0.2, 0.25) is 0 Å². The number of nitrogens with zero attached hydrogens (tertiary/aromatic N) is 1. The number of alkyl halides is 3. The monoisotopic (exact) mass is 476 g/mol. The molecule has 0 spiro atoms. The minimum Gasteiger partial charge on any atom is -0.406 e. The number of para-hydroxylation sites is 1. The molecule has 1 N–H and O–H groups in total. The van der Waals surface area contributed by atoms with Gasteiger partial charge in [-0.15, -0.1) is 13.2 Å². The van der Waals surface area contributed by atoms with E-state index in [1.165, 1.54) is 40.7 Å². The van der Waals surface area contributed by atoms with Gasteiger partial charge < -0.3 is 10.1 Å². The largest absolute Gasteiger partial charge is 0.573 e. The number of anilines is 2. The highest BCUT2D eigenvalue weighted by Gasteiger charge is 2.31. The number of hydrogen-bond acceptors (Lipinski definition) is 4. The van der Waals surface area contributed by atoms with Gasteiger partial charge in [0.1, 0.15) is 5.75 Å². The molecular weight excluding hydrogens is 457 g/mol. The van der Waals surface area contributed by atoms with Gasteiger partial charge in [0.25, 0.3) is 15.9 Å². The Morgan fingerprint density at radius 1 is 0.939 bits per heavy atom. The van der Waals surface area contributed by atoms with Crippen LogP contribution >= 0.6 is 0 Å². The number of hydrogen-bond donors (Lipinski definition) is 1. The van der Waals surface area contributed by atoms with Gasteiger partial charge in [-0.05, 0) is 73.0 Å². The summed E-state index contributed by atoms with van der Waals surface area (Å²) in [7, 11) is -3.80. The molecule has 1 amide bonds. The van der Waals surface area contributed by atoms with E-state index in [1.54, 1.807) is 12.1 Å². The molecule has 4 rings (SSSR count). The van der Waals surface area contributed by atoms with Crippen molar-refractivity contribution in [2.45, 2.75) is 24.1 Å². The number of carbonyl (C=O) groups is 1. The standard InChI is InChI=1S/C23H19F3N2O4S/c24-23(25,26)32-19-11-9-18(10-12-19)27-22(29)17-7-13-20(14-8-17)33(30,31)28-15-3-5-16-4-1-2-6-21(16)28/h1-2,4,6-14H,3,5,15H2,(H,27,29). The second-order valence-electron chi connectivity index (χ2n) is 7.36. The number of ether oxygens (including phenoxy) is 1. The minimum absolute atomic E-state index is 0.0596. The van der Waals surface area contributed by atoms with Crippen LogP contribution in [0.15, 0.2) is 77.7 Å². The first-order valence-corrected chi connectivity index (χ1v) is 11.5. The van der Waals surface area contributed by atoms with E-state index in [0.29, 0.717) is 18.7 Å².